The molecule has 0 spiro atoms. The first-order chi connectivity index (χ1) is 8.97. The summed E-state index contributed by atoms with van der Waals surface area (Å²) in [6.45, 7) is 3.52. The summed E-state index contributed by atoms with van der Waals surface area (Å²) >= 11 is 0. The number of nitrogens with two attached hydrogens (primary N) is 1. The number of rotatable bonds is 3. The number of nitrogen functional groups attached to an aromatic ring is 1. The second kappa shape index (κ2) is 4.93. The van der Waals surface area contributed by atoms with Crippen molar-refractivity contribution in [3.63, 3.8) is 0 Å². The Kier molecular flexibility index (Phi) is 3.33. The van der Waals surface area contributed by atoms with Crippen molar-refractivity contribution in [2.24, 2.45) is 0 Å². The number of benzene rings is 1. The third kappa shape index (κ3) is 2.79. The minimum atomic E-state index is -0.428. The van der Waals surface area contributed by atoms with Crippen LogP contribution in [0.3, 0.4) is 0 Å². The Hall–Kier alpha value is -2.63. The van der Waals surface area contributed by atoms with Gasteiger partial charge >= 0.3 is 0 Å². The monoisotopic (exact) mass is 259 g/mol. The molecule has 0 aliphatic rings. The van der Waals surface area contributed by atoms with Crippen LogP contribution in [0.1, 0.15) is 11.1 Å². The average molecular weight is 259 g/mol. The quantitative estimate of drug-likeness (QED) is 0.675. The number of nitrogens with zero attached hydrogens (tertiary/aromatic N) is 2. The van der Waals surface area contributed by atoms with Gasteiger partial charge in [-0.25, -0.2) is 4.98 Å². The van der Waals surface area contributed by atoms with Crippen molar-refractivity contribution in [1.29, 1.82) is 0 Å². The van der Waals surface area contributed by atoms with E-state index in [2.05, 4.69) is 4.98 Å². The van der Waals surface area contributed by atoms with E-state index in [0.29, 0.717) is 22.9 Å². The third-order valence-electron chi connectivity index (χ3n) is 2.67. The van der Waals surface area contributed by atoms with Gasteiger partial charge in [0.25, 0.3) is 5.69 Å². The summed E-state index contributed by atoms with van der Waals surface area (Å²) < 4.78 is 5.61. The van der Waals surface area contributed by atoms with Crippen LogP contribution in [0.2, 0.25) is 0 Å². The van der Waals surface area contributed by atoms with Crippen molar-refractivity contribution in [2.45, 2.75) is 13.8 Å². The summed E-state index contributed by atoms with van der Waals surface area (Å²) in [7, 11) is 0. The Morgan fingerprint density at radius 2 is 2.00 bits per heavy atom. The molecule has 19 heavy (non-hydrogen) atoms. The summed E-state index contributed by atoms with van der Waals surface area (Å²) in [4.78, 5) is 14.3. The lowest BCUT2D eigenvalue weighted by Crippen LogP contribution is -1.96. The van der Waals surface area contributed by atoms with Crippen LogP contribution in [-0.4, -0.2) is 9.91 Å². The number of hydrogen-bond donors (Lipinski definition) is 1. The van der Waals surface area contributed by atoms with Crippen molar-refractivity contribution in [2.75, 3.05) is 5.73 Å². The minimum Gasteiger partial charge on any atom is -0.457 e. The van der Waals surface area contributed by atoms with Gasteiger partial charge in [-0.05, 0) is 31.5 Å². The number of aromatic nitrogens is 1. The van der Waals surface area contributed by atoms with Crippen LogP contribution in [0.4, 0.5) is 11.5 Å². The molecule has 0 amide bonds. The van der Waals surface area contributed by atoms with Crippen molar-refractivity contribution in [1.82, 2.24) is 4.98 Å². The highest BCUT2D eigenvalue weighted by Crippen LogP contribution is 2.31. The summed E-state index contributed by atoms with van der Waals surface area (Å²) in [6.07, 6.45) is 1.52. The van der Waals surface area contributed by atoms with Gasteiger partial charge in [-0.1, -0.05) is 0 Å². The van der Waals surface area contributed by atoms with Gasteiger partial charge in [0.15, 0.2) is 0 Å². The maximum Gasteiger partial charge on any atom is 0.276 e. The van der Waals surface area contributed by atoms with Crippen LogP contribution < -0.4 is 10.5 Å². The van der Waals surface area contributed by atoms with E-state index in [4.69, 9.17) is 10.5 Å². The van der Waals surface area contributed by atoms with Crippen LogP contribution in [0, 0.1) is 24.0 Å². The fraction of sp³-hybridized carbons (Fsp3) is 0.154. The molecule has 6 heteroatoms. The highest BCUT2D eigenvalue weighted by Gasteiger charge is 2.15. The molecule has 0 bridgehead atoms. The van der Waals surface area contributed by atoms with Gasteiger partial charge in [-0.2, -0.15) is 0 Å². The topological polar surface area (TPSA) is 91.3 Å². The molecule has 1 heterocycles. The number of hydrogen-bond acceptors (Lipinski definition) is 5. The molecule has 2 aromatic rings. The maximum absolute atomic E-state index is 10.9. The fourth-order valence-electron chi connectivity index (χ4n) is 1.75. The predicted octanol–water partition coefficient (Wildman–Crippen LogP) is 2.98. The standard InChI is InChI=1S/C13H13N3O3/c1-8-5-9(2)12(7-11(8)16(17)18)19-10-3-4-15-13(14)6-10/h3-7H,1-2H3,(H2,14,15). The molecule has 0 atom stereocenters. The smallest absolute Gasteiger partial charge is 0.276 e. The van der Waals surface area contributed by atoms with Crippen molar-refractivity contribution >= 4 is 11.5 Å². The van der Waals surface area contributed by atoms with E-state index in [1.807, 2.05) is 6.92 Å². The number of aryl methyl sites for hydroxylation is 2. The van der Waals surface area contributed by atoms with Crippen LogP contribution in [0.25, 0.3) is 0 Å². The van der Waals surface area contributed by atoms with Gasteiger partial charge in [-0.3, -0.25) is 10.1 Å². The second-order valence-corrected chi connectivity index (χ2v) is 4.18. The van der Waals surface area contributed by atoms with Gasteiger partial charge in [0.2, 0.25) is 0 Å². The first-order valence-electron chi connectivity index (χ1n) is 5.62. The summed E-state index contributed by atoms with van der Waals surface area (Å²) in [5, 5.41) is 10.9. The normalized spacial score (nSPS) is 10.2. The zero-order chi connectivity index (χ0) is 14.0. The molecule has 98 valence electrons. The summed E-state index contributed by atoms with van der Waals surface area (Å²) in [5.74, 6) is 1.26. The second-order valence-electron chi connectivity index (χ2n) is 4.18. The van der Waals surface area contributed by atoms with Gasteiger partial charge in [0, 0.05) is 17.8 Å². The van der Waals surface area contributed by atoms with Gasteiger partial charge in [0.05, 0.1) is 11.0 Å². The van der Waals surface area contributed by atoms with Crippen molar-refractivity contribution in [3.8, 4) is 11.5 Å². The predicted molar refractivity (Wildman–Crippen MR) is 71.3 cm³/mol. The van der Waals surface area contributed by atoms with E-state index in [0.717, 1.165) is 5.56 Å². The zero-order valence-electron chi connectivity index (χ0n) is 10.6. The molecule has 0 aliphatic heterocycles. The molecular weight excluding hydrogens is 246 g/mol. The molecule has 0 aliphatic carbocycles. The third-order valence-corrected chi connectivity index (χ3v) is 2.67. The van der Waals surface area contributed by atoms with E-state index in [9.17, 15) is 10.1 Å². The van der Waals surface area contributed by atoms with E-state index in [-0.39, 0.29) is 5.69 Å². The Balaban J connectivity index is 2.40. The molecule has 0 saturated carbocycles. The van der Waals surface area contributed by atoms with Gasteiger partial charge in [-0.15, -0.1) is 0 Å². The molecule has 1 aromatic heterocycles. The maximum atomic E-state index is 10.9. The van der Waals surface area contributed by atoms with Crippen LogP contribution >= 0.6 is 0 Å². The zero-order valence-corrected chi connectivity index (χ0v) is 10.6. The van der Waals surface area contributed by atoms with E-state index >= 15 is 0 Å². The molecule has 1 aromatic carbocycles. The minimum absolute atomic E-state index is 0.0302. The van der Waals surface area contributed by atoms with Crippen LogP contribution in [0.5, 0.6) is 11.5 Å². The molecule has 2 rings (SSSR count). The molecule has 2 N–H and O–H groups in total. The highest BCUT2D eigenvalue weighted by molar-refractivity contribution is 5.51. The number of ether oxygens (including phenoxy) is 1. The largest absolute Gasteiger partial charge is 0.457 e. The van der Waals surface area contributed by atoms with E-state index < -0.39 is 4.92 Å². The lowest BCUT2D eigenvalue weighted by atomic mass is 10.1. The Morgan fingerprint density at radius 3 is 2.63 bits per heavy atom. The molecule has 0 fully saturated rings. The number of anilines is 1. The van der Waals surface area contributed by atoms with Gasteiger partial charge in [0.1, 0.15) is 17.3 Å². The van der Waals surface area contributed by atoms with Gasteiger partial charge < -0.3 is 10.5 Å². The van der Waals surface area contributed by atoms with Crippen LogP contribution in [0.15, 0.2) is 30.5 Å². The molecule has 0 saturated heterocycles. The fourth-order valence-corrected chi connectivity index (χ4v) is 1.75. The van der Waals surface area contributed by atoms with E-state index in [1.165, 1.54) is 12.3 Å². The molecule has 0 unspecified atom stereocenters. The lowest BCUT2D eigenvalue weighted by Gasteiger charge is -2.10. The number of pyridine rings is 1. The Labute approximate surface area is 110 Å². The van der Waals surface area contributed by atoms with Crippen molar-refractivity contribution < 1.29 is 9.66 Å². The summed E-state index contributed by atoms with van der Waals surface area (Å²) in [5.41, 5.74) is 7.00. The van der Waals surface area contributed by atoms with Crippen LogP contribution in [-0.2, 0) is 0 Å². The van der Waals surface area contributed by atoms with E-state index in [1.54, 1.807) is 25.1 Å². The number of nitro benzene ring substituents is 1. The van der Waals surface area contributed by atoms with Crippen molar-refractivity contribution in [3.05, 3.63) is 51.7 Å². The summed E-state index contributed by atoms with van der Waals surface area (Å²) in [6, 6.07) is 6.34. The lowest BCUT2D eigenvalue weighted by molar-refractivity contribution is -0.385. The first-order valence-corrected chi connectivity index (χ1v) is 5.62. The highest BCUT2D eigenvalue weighted by atomic mass is 16.6. The Bertz CT molecular complexity index is 641. The SMILES string of the molecule is Cc1cc(C)c([N+](=O)[O-])cc1Oc1ccnc(N)c1. The first kappa shape index (κ1) is 12.8. The number of nitro groups is 1. The Morgan fingerprint density at radius 1 is 1.26 bits per heavy atom. The molecule has 0 radical (unpaired) electrons. The molecular formula is C13H13N3O3. The molecule has 6 nitrogen and oxygen atoms in total. The average Bonchev–Trinajstić information content (AvgIpc) is 2.32.